The number of amides is 1. The third-order valence-corrected chi connectivity index (χ3v) is 10.9. The standard InChI is InChI=1S/C28H33FN2O3S/c29-24-5-9-26(10-6-24)35(33,34)31-11-1-2-22(18-31)27(32)30-25-7-3-23(4-8-25)28-15-19-12-20(16-28)14-21(13-19)17-28/h3-10,19-22H,1-2,11-18H2,(H,30,32)/t19?,20?,21?,22-,28?/m0/s1. The van der Waals surface area contributed by atoms with Gasteiger partial charge in [-0.1, -0.05) is 12.1 Å². The highest BCUT2D eigenvalue weighted by atomic mass is 32.2. The fourth-order valence-electron chi connectivity index (χ4n) is 7.75. The molecule has 4 bridgehead atoms. The number of halogens is 1. The van der Waals surface area contributed by atoms with Crippen molar-refractivity contribution in [2.45, 2.75) is 61.7 Å². The van der Waals surface area contributed by atoms with Gasteiger partial charge in [0, 0.05) is 18.8 Å². The zero-order chi connectivity index (χ0) is 24.2. The summed E-state index contributed by atoms with van der Waals surface area (Å²) in [5.74, 6) is 1.63. The number of nitrogens with zero attached hydrogens (tertiary/aromatic N) is 1. The molecule has 1 amide bonds. The molecule has 35 heavy (non-hydrogen) atoms. The van der Waals surface area contributed by atoms with Crippen molar-refractivity contribution in [2.75, 3.05) is 18.4 Å². The molecule has 1 aliphatic heterocycles. The fourth-order valence-corrected chi connectivity index (χ4v) is 9.27. The quantitative estimate of drug-likeness (QED) is 0.608. The van der Waals surface area contributed by atoms with Crippen LogP contribution in [0.3, 0.4) is 0 Å². The second-order valence-corrected chi connectivity index (χ2v) is 13.4. The van der Waals surface area contributed by atoms with E-state index in [1.165, 1.54) is 60.5 Å². The van der Waals surface area contributed by atoms with E-state index in [0.717, 1.165) is 35.6 Å². The molecule has 0 spiro atoms. The number of carbonyl (C=O) groups excluding carboxylic acids is 1. The Morgan fingerprint density at radius 2 is 1.51 bits per heavy atom. The molecule has 5 aliphatic rings. The molecular weight excluding hydrogens is 463 g/mol. The first-order valence-corrected chi connectivity index (χ1v) is 14.4. The summed E-state index contributed by atoms with van der Waals surface area (Å²) in [6.07, 6.45) is 9.45. The fraction of sp³-hybridized carbons (Fsp3) is 0.536. The van der Waals surface area contributed by atoms with Crippen molar-refractivity contribution < 1.29 is 17.6 Å². The van der Waals surface area contributed by atoms with E-state index in [9.17, 15) is 17.6 Å². The van der Waals surface area contributed by atoms with E-state index >= 15 is 0 Å². The molecule has 0 aromatic heterocycles. The molecule has 1 N–H and O–H groups in total. The summed E-state index contributed by atoms with van der Waals surface area (Å²) in [4.78, 5) is 13.1. The topological polar surface area (TPSA) is 66.5 Å². The average molecular weight is 497 g/mol. The van der Waals surface area contributed by atoms with Crippen molar-refractivity contribution in [2.24, 2.45) is 23.7 Å². The monoisotopic (exact) mass is 496 g/mol. The van der Waals surface area contributed by atoms with Crippen LogP contribution in [-0.4, -0.2) is 31.7 Å². The Labute approximate surface area is 207 Å². The molecule has 1 atom stereocenters. The first-order chi connectivity index (χ1) is 16.8. The molecule has 0 radical (unpaired) electrons. The van der Waals surface area contributed by atoms with Crippen molar-refractivity contribution in [3.8, 4) is 0 Å². The highest BCUT2D eigenvalue weighted by molar-refractivity contribution is 7.89. The second-order valence-electron chi connectivity index (χ2n) is 11.4. The summed E-state index contributed by atoms with van der Waals surface area (Å²) in [5.41, 5.74) is 2.52. The molecule has 0 unspecified atom stereocenters. The Balaban J connectivity index is 1.12. The van der Waals surface area contributed by atoms with Gasteiger partial charge in [-0.15, -0.1) is 0 Å². The maximum Gasteiger partial charge on any atom is 0.243 e. The van der Waals surface area contributed by atoms with E-state index in [-0.39, 0.29) is 17.3 Å². The summed E-state index contributed by atoms with van der Waals surface area (Å²) in [5, 5.41) is 3.02. The first-order valence-electron chi connectivity index (χ1n) is 13.0. The van der Waals surface area contributed by atoms with Gasteiger partial charge < -0.3 is 5.32 Å². The van der Waals surface area contributed by atoms with Gasteiger partial charge >= 0.3 is 0 Å². The minimum Gasteiger partial charge on any atom is -0.326 e. The molecular formula is C28H33FN2O3S. The van der Waals surface area contributed by atoms with Gasteiger partial charge in [0.2, 0.25) is 15.9 Å². The van der Waals surface area contributed by atoms with Crippen molar-refractivity contribution in [1.82, 2.24) is 4.31 Å². The Kier molecular flexibility index (Phi) is 5.76. The number of hydrogen-bond donors (Lipinski definition) is 1. The zero-order valence-electron chi connectivity index (χ0n) is 20.0. The van der Waals surface area contributed by atoms with Gasteiger partial charge in [-0.05, 0) is 116 Å². The van der Waals surface area contributed by atoms with Gasteiger partial charge in [0.25, 0.3) is 0 Å². The predicted octanol–water partition coefficient (Wildman–Crippen LogP) is 5.33. The van der Waals surface area contributed by atoms with Crippen LogP contribution in [0.4, 0.5) is 10.1 Å². The number of hydrogen-bond acceptors (Lipinski definition) is 3. The van der Waals surface area contributed by atoms with Crippen LogP contribution in [0.25, 0.3) is 0 Å². The van der Waals surface area contributed by atoms with Crippen LogP contribution in [-0.2, 0) is 20.2 Å². The number of carbonyl (C=O) groups is 1. The Hall–Kier alpha value is -2.25. The van der Waals surface area contributed by atoms with Gasteiger partial charge in [0.05, 0.1) is 10.8 Å². The Bertz CT molecular complexity index is 1170. The van der Waals surface area contributed by atoms with E-state index < -0.39 is 21.8 Å². The lowest BCUT2D eigenvalue weighted by molar-refractivity contribution is -0.120. The molecule has 186 valence electrons. The van der Waals surface area contributed by atoms with Crippen molar-refractivity contribution in [3.05, 3.63) is 59.9 Å². The Morgan fingerprint density at radius 3 is 2.11 bits per heavy atom. The van der Waals surface area contributed by atoms with E-state index in [0.29, 0.717) is 24.8 Å². The summed E-state index contributed by atoms with van der Waals surface area (Å²) >= 11 is 0. The van der Waals surface area contributed by atoms with E-state index in [1.54, 1.807) is 0 Å². The van der Waals surface area contributed by atoms with Crippen molar-refractivity contribution in [3.63, 3.8) is 0 Å². The number of piperidine rings is 1. The maximum absolute atomic E-state index is 13.2. The molecule has 7 rings (SSSR count). The molecule has 2 aromatic carbocycles. The highest BCUT2D eigenvalue weighted by Gasteiger charge is 2.51. The molecule has 1 heterocycles. The molecule has 5 fully saturated rings. The van der Waals surface area contributed by atoms with Crippen LogP contribution in [0.2, 0.25) is 0 Å². The number of benzene rings is 2. The zero-order valence-corrected chi connectivity index (χ0v) is 20.8. The number of sulfonamides is 1. The lowest BCUT2D eigenvalue weighted by Gasteiger charge is -2.57. The predicted molar refractivity (Wildman–Crippen MR) is 133 cm³/mol. The third-order valence-electron chi connectivity index (χ3n) is 9.01. The minimum absolute atomic E-state index is 0.0558. The summed E-state index contributed by atoms with van der Waals surface area (Å²) in [7, 11) is -3.76. The van der Waals surface area contributed by atoms with Crippen molar-refractivity contribution in [1.29, 1.82) is 0 Å². The summed E-state index contributed by atoms with van der Waals surface area (Å²) < 4.78 is 40.6. The van der Waals surface area contributed by atoms with Crippen LogP contribution < -0.4 is 5.32 Å². The van der Waals surface area contributed by atoms with Crippen LogP contribution in [0.1, 0.15) is 56.9 Å². The highest BCUT2D eigenvalue weighted by Crippen LogP contribution is 2.60. The van der Waals surface area contributed by atoms with Gasteiger partial charge in [-0.25, -0.2) is 12.8 Å². The van der Waals surface area contributed by atoms with Crippen LogP contribution in [0, 0.1) is 29.5 Å². The van der Waals surface area contributed by atoms with E-state index in [2.05, 4.69) is 17.4 Å². The smallest absolute Gasteiger partial charge is 0.243 e. The number of nitrogens with one attached hydrogen (secondary N) is 1. The maximum atomic E-state index is 13.2. The molecule has 5 nitrogen and oxygen atoms in total. The molecule has 4 saturated carbocycles. The second kappa shape index (κ2) is 8.70. The lowest BCUT2D eigenvalue weighted by Crippen LogP contribution is -2.48. The van der Waals surface area contributed by atoms with Crippen LogP contribution >= 0.6 is 0 Å². The van der Waals surface area contributed by atoms with E-state index in [4.69, 9.17) is 0 Å². The summed E-state index contributed by atoms with van der Waals surface area (Å²) in [6, 6.07) is 13.3. The van der Waals surface area contributed by atoms with E-state index in [1.807, 2.05) is 12.1 Å². The number of anilines is 1. The largest absolute Gasteiger partial charge is 0.326 e. The van der Waals surface area contributed by atoms with Gasteiger partial charge in [0.1, 0.15) is 5.82 Å². The van der Waals surface area contributed by atoms with Crippen LogP contribution in [0.15, 0.2) is 53.4 Å². The first kappa shape index (κ1) is 23.2. The average Bonchev–Trinajstić information content (AvgIpc) is 2.84. The Morgan fingerprint density at radius 1 is 0.914 bits per heavy atom. The van der Waals surface area contributed by atoms with Gasteiger partial charge in [-0.3, -0.25) is 4.79 Å². The molecule has 2 aromatic rings. The minimum atomic E-state index is -3.76. The molecule has 4 aliphatic carbocycles. The third kappa shape index (κ3) is 4.31. The normalized spacial score (nSPS) is 32.5. The van der Waals surface area contributed by atoms with Gasteiger partial charge in [-0.2, -0.15) is 4.31 Å². The SMILES string of the molecule is O=C(Nc1ccc(C23CC4CC(CC(C4)C2)C3)cc1)[C@H]1CCCN(S(=O)(=O)c2ccc(F)cc2)C1. The molecule has 7 heteroatoms. The molecule has 1 saturated heterocycles. The van der Waals surface area contributed by atoms with Gasteiger partial charge in [0.15, 0.2) is 0 Å². The van der Waals surface area contributed by atoms with Crippen molar-refractivity contribution >= 4 is 21.6 Å². The number of rotatable bonds is 5. The summed E-state index contributed by atoms with van der Waals surface area (Å²) in [6.45, 7) is 0.500. The lowest BCUT2D eigenvalue weighted by atomic mass is 9.48. The van der Waals surface area contributed by atoms with Crippen LogP contribution in [0.5, 0.6) is 0 Å².